The molecule has 1 aromatic carbocycles. The minimum atomic E-state index is -3.43. The van der Waals surface area contributed by atoms with Crippen LogP contribution < -0.4 is 0 Å². The summed E-state index contributed by atoms with van der Waals surface area (Å²) in [5.74, 6) is -0.00736. The quantitative estimate of drug-likeness (QED) is 0.705. The van der Waals surface area contributed by atoms with E-state index < -0.39 is 15.6 Å². The molecular weight excluding hydrogens is 264 g/mol. The molecule has 1 aromatic rings. The second-order valence-corrected chi connectivity index (χ2v) is 7.13. The zero-order valence-electron chi connectivity index (χ0n) is 11.0. The number of benzene rings is 1. The molecule has 0 aliphatic carbocycles. The van der Waals surface area contributed by atoms with Gasteiger partial charge < -0.3 is 4.90 Å². The van der Waals surface area contributed by atoms with Gasteiger partial charge in [-0.1, -0.05) is 18.2 Å². The highest BCUT2D eigenvalue weighted by Crippen LogP contribution is 2.48. The Morgan fingerprint density at radius 2 is 2.00 bits per heavy atom. The lowest BCUT2D eigenvalue weighted by atomic mass is 9.89. The van der Waals surface area contributed by atoms with Crippen molar-refractivity contribution in [3.05, 3.63) is 29.8 Å². The summed E-state index contributed by atoms with van der Waals surface area (Å²) in [7, 11) is -1.82. The van der Waals surface area contributed by atoms with Crippen LogP contribution in [-0.4, -0.2) is 43.7 Å². The van der Waals surface area contributed by atoms with Gasteiger partial charge in [-0.25, -0.2) is 8.42 Å². The molecule has 1 atom stereocenters. The van der Waals surface area contributed by atoms with E-state index in [0.29, 0.717) is 24.4 Å². The maximum atomic E-state index is 12.4. The monoisotopic (exact) mass is 280 g/mol. The molecule has 2 aliphatic rings. The van der Waals surface area contributed by atoms with E-state index in [2.05, 4.69) is 0 Å². The summed E-state index contributed by atoms with van der Waals surface area (Å²) in [6.07, 6.45) is 0.652. The topological polar surface area (TPSA) is 57.7 Å². The highest BCUT2D eigenvalue weighted by atomic mass is 32.2. The van der Waals surface area contributed by atoms with E-state index in [9.17, 15) is 13.2 Å². The Hall–Kier alpha value is -1.40. The number of hydrogen-bond donors (Lipinski definition) is 0. The fraction of sp³-hybridized carbons (Fsp3) is 0.462. The van der Waals surface area contributed by atoms with Crippen LogP contribution in [0.3, 0.4) is 0 Å². The minimum absolute atomic E-state index is 0.00736. The van der Waals surface area contributed by atoms with Gasteiger partial charge >= 0.3 is 0 Å². The van der Waals surface area contributed by atoms with E-state index >= 15 is 0 Å². The Morgan fingerprint density at radius 3 is 2.63 bits per heavy atom. The highest BCUT2D eigenvalue weighted by molar-refractivity contribution is 7.89. The van der Waals surface area contributed by atoms with Crippen molar-refractivity contribution in [2.24, 2.45) is 0 Å². The third-order valence-corrected chi connectivity index (χ3v) is 6.31. The van der Waals surface area contributed by atoms with Crippen LogP contribution in [-0.2, 0) is 20.4 Å². The largest absolute Gasteiger partial charge is 0.341 e. The summed E-state index contributed by atoms with van der Waals surface area (Å²) in [6.45, 7) is 2.56. The van der Waals surface area contributed by atoms with Crippen molar-refractivity contribution < 1.29 is 13.2 Å². The number of likely N-dealkylation sites (N-methyl/N-ethyl adjacent to an activating group) is 1. The number of nitrogens with zero attached hydrogens (tertiary/aromatic N) is 2. The molecule has 1 spiro atoms. The molecule has 1 amide bonds. The molecule has 2 aliphatic heterocycles. The fourth-order valence-electron chi connectivity index (χ4n) is 3.16. The molecule has 2 heterocycles. The Balaban J connectivity index is 2.17. The van der Waals surface area contributed by atoms with Gasteiger partial charge in [0.1, 0.15) is 0 Å². The van der Waals surface area contributed by atoms with Crippen molar-refractivity contribution in [3.63, 3.8) is 0 Å². The van der Waals surface area contributed by atoms with Crippen LogP contribution in [0.4, 0.5) is 0 Å². The number of amides is 1. The Bertz CT molecular complexity index is 656. The van der Waals surface area contributed by atoms with Crippen LogP contribution in [0.5, 0.6) is 0 Å². The van der Waals surface area contributed by atoms with Crippen molar-refractivity contribution in [1.82, 2.24) is 9.21 Å². The Kier molecular flexibility index (Phi) is 2.53. The van der Waals surface area contributed by atoms with E-state index in [-0.39, 0.29) is 5.91 Å². The summed E-state index contributed by atoms with van der Waals surface area (Å²) < 4.78 is 26.3. The van der Waals surface area contributed by atoms with Gasteiger partial charge in [-0.3, -0.25) is 4.79 Å². The number of hydrogen-bond acceptors (Lipinski definition) is 3. The van der Waals surface area contributed by atoms with Crippen LogP contribution in [0.2, 0.25) is 0 Å². The van der Waals surface area contributed by atoms with E-state index in [1.54, 1.807) is 24.1 Å². The lowest BCUT2D eigenvalue weighted by Gasteiger charge is -2.30. The van der Waals surface area contributed by atoms with Crippen LogP contribution in [0.1, 0.15) is 18.9 Å². The maximum absolute atomic E-state index is 12.4. The van der Waals surface area contributed by atoms with Gasteiger partial charge in [-0.2, -0.15) is 4.31 Å². The van der Waals surface area contributed by atoms with Gasteiger partial charge in [0, 0.05) is 27.1 Å². The zero-order valence-corrected chi connectivity index (χ0v) is 11.8. The number of carbonyl (C=O) groups excluding carboxylic acids is 1. The minimum Gasteiger partial charge on any atom is -0.341 e. The van der Waals surface area contributed by atoms with Gasteiger partial charge in [-0.05, 0) is 18.1 Å². The summed E-state index contributed by atoms with van der Waals surface area (Å²) in [5, 5.41) is 0. The first-order valence-electron chi connectivity index (χ1n) is 6.24. The second kappa shape index (κ2) is 3.80. The standard InChI is InChI=1S/C13H16N2O3S/c1-10(16)15-8-7-13(9-15)11-5-3-4-6-12(11)19(17,18)14(13)2/h3-6H,7-9H2,1-2H3/t13-/m1/s1. The second-order valence-electron chi connectivity index (χ2n) is 5.19. The number of sulfonamides is 1. The molecule has 0 aromatic heterocycles. The van der Waals surface area contributed by atoms with E-state index in [4.69, 9.17) is 0 Å². The lowest BCUT2D eigenvalue weighted by Crippen LogP contribution is -2.43. The predicted molar refractivity (Wildman–Crippen MR) is 69.9 cm³/mol. The zero-order chi connectivity index (χ0) is 13.8. The number of carbonyl (C=O) groups is 1. The first-order chi connectivity index (χ1) is 8.89. The van der Waals surface area contributed by atoms with Gasteiger partial charge in [0.15, 0.2) is 0 Å². The molecule has 1 saturated heterocycles. The molecular formula is C13H16N2O3S. The van der Waals surface area contributed by atoms with Crippen molar-refractivity contribution in [1.29, 1.82) is 0 Å². The summed E-state index contributed by atoms with van der Waals surface area (Å²) >= 11 is 0. The average Bonchev–Trinajstić information content (AvgIpc) is 2.89. The average molecular weight is 280 g/mol. The summed E-state index contributed by atoms with van der Waals surface area (Å²) in [6, 6.07) is 7.10. The molecule has 0 unspecified atom stereocenters. The molecule has 19 heavy (non-hydrogen) atoms. The molecule has 0 bridgehead atoms. The third-order valence-electron chi connectivity index (χ3n) is 4.32. The molecule has 1 fully saturated rings. The van der Waals surface area contributed by atoms with Crippen molar-refractivity contribution >= 4 is 15.9 Å². The molecule has 0 saturated carbocycles. The maximum Gasteiger partial charge on any atom is 0.244 e. The highest BCUT2D eigenvalue weighted by Gasteiger charge is 2.55. The third kappa shape index (κ3) is 1.50. The molecule has 102 valence electrons. The first-order valence-corrected chi connectivity index (χ1v) is 7.68. The lowest BCUT2D eigenvalue weighted by molar-refractivity contribution is -0.128. The molecule has 6 heteroatoms. The normalized spacial score (nSPS) is 28.8. The smallest absolute Gasteiger partial charge is 0.244 e. The van der Waals surface area contributed by atoms with Gasteiger partial charge in [0.25, 0.3) is 0 Å². The summed E-state index contributed by atoms with van der Waals surface area (Å²) in [4.78, 5) is 13.6. The molecule has 0 N–H and O–H groups in total. The van der Waals surface area contributed by atoms with Gasteiger partial charge in [-0.15, -0.1) is 0 Å². The SMILES string of the molecule is CC(=O)N1CC[C@@]2(C1)c1ccccc1S(=O)(=O)N2C. The Morgan fingerprint density at radius 1 is 1.32 bits per heavy atom. The Labute approximate surface area is 112 Å². The van der Waals surface area contributed by atoms with Crippen molar-refractivity contribution in [2.45, 2.75) is 23.8 Å². The molecule has 0 radical (unpaired) electrons. The van der Waals surface area contributed by atoms with E-state index in [1.165, 1.54) is 11.2 Å². The number of fused-ring (bicyclic) bond motifs is 2. The molecule has 3 rings (SSSR count). The number of likely N-dealkylation sites (tertiary alicyclic amines) is 1. The van der Waals surface area contributed by atoms with Crippen molar-refractivity contribution in [3.8, 4) is 0 Å². The van der Waals surface area contributed by atoms with Crippen molar-refractivity contribution in [2.75, 3.05) is 20.1 Å². The number of rotatable bonds is 0. The van der Waals surface area contributed by atoms with Crippen LogP contribution in [0.15, 0.2) is 29.2 Å². The van der Waals surface area contributed by atoms with E-state index in [1.807, 2.05) is 12.1 Å². The first kappa shape index (κ1) is 12.6. The van der Waals surface area contributed by atoms with Gasteiger partial charge in [0.05, 0.1) is 10.4 Å². The van der Waals surface area contributed by atoms with Gasteiger partial charge in [0.2, 0.25) is 15.9 Å². The summed E-state index contributed by atoms with van der Waals surface area (Å²) in [5.41, 5.74) is 0.238. The fourth-order valence-corrected chi connectivity index (χ4v) is 4.95. The van der Waals surface area contributed by atoms with Crippen LogP contribution in [0, 0.1) is 0 Å². The molecule has 5 nitrogen and oxygen atoms in total. The predicted octanol–water partition coefficient (Wildman–Crippen LogP) is 0.768. The van der Waals surface area contributed by atoms with E-state index in [0.717, 1.165) is 5.56 Å². The van der Waals surface area contributed by atoms with Crippen LogP contribution in [0.25, 0.3) is 0 Å². The van der Waals surface area contributed by atoms with Crippen LogP contribution >= 0.6 is 0 Å².